The van der Waals surface area contributed by atoms with Crippen LogP contribution in [0.25, 0.3) is 0 Å². The van der Waals surface area contributed by atoms with Gasteiger partial charge < -0.3 is 19.8 Å². The van der Waals surface area contributed by atoms with E-state index in [1.165, 1.54) is 0 Å². The maximum Gasteiger partial charge on any atom is 0.237 e. The molecule has 106 valence electrons. The van der Waals surface area contributed by atoms with E-state index in [1.54, 1.807) is 6.26 Å². The Morgan fingerprint density at radius 2 is 2.26 bits per heavy atom. The first kappa shape index (κ1) is 14.1. The van der Waals surface area contributed by atoms with Gasteiger partial charge in [-0.15, -0.1) is 0 Å². The lowest BCUT2D eigenvalue weighted by molar-refractivity contribution is -0.123. The topological polar surface area (TPSA) is 63.5 Å². The Morgan fingerprint density at radius 1 is 1.47 bits per heavy atom. The number of rotatable bonds is 6. The van der Waals surface area contributed by atoms with Crippen molar-refractivity contribution in [3.05, 3.63) is 24.2 Å². The second kappa shape index (κ2) is 7.31. The first-order valence-corrected chi connectivity index (χ1v) is 6.87. The molecule has 0 spiro atoms. The third kappa shape index (κ3) is 4.69. The lowest BCUT2D eigenvalue weighted by Crippen LogP contribution is -2.44. The molecule has 0 aliphatic carbocycles. The average Bonchev–Trinajstić information content (AvgIpc) is 2.96. The van der Waals surface area contributed by atoms with Gasteiger partial charge in [-0.2, -0.15) is 0 Å². The summed E-state index contributed by atoms with van der Waals surface area (Å²) in [7, 11) is 0. The van der Waals surface area contributed by atoms with Gasteiger partial charge in [0.15, 0.2) is 0 Å². The second-order valence-electron chi connectivity index (χ2n) is 4.98. The van der Waals surface area contributed by atoms with Crippen molar-refractivity contribution in [2.45, 2.75) is 32.4 Å². The van der Waals surface area contributed by atoms with Crippen LogP contribution in [-0.2, 0) is 16.1 Å². The van der Waals surface area contributed by atoms with E-state index < -0.39 is 0 Å². The number of carbonyl (C=O) groups is 1. The quantitative estimate of drug-likeness (QED) is 0.814. The molecule has 0 saturated carbocycles. The Labute approximate surface area is 113 Å². The van der Waals surface area contributed by atoms with Gasteiger partial charge in [0.2, 0.25) is 5.91 Å². The Hall–Kier alpha value is -1.33. The van der Waals surface area contributed by atoms with Gasteiger partial charge in [-0.1, -0.05) is 0 Å². The van der Waals surface area contributed by atoms with Crippen LogP contribution in [0.4, 0.5) is 0 Å². The van der Waals surface area contributed by atoms with Crippen molar-refractivity contribution >= 4 is 5.91 Å². The molecule has 1 aliphatic heterocycles. The van der Waals surface area contributed by atoms with Crippen molar-refractivity contribution in [3.63, 3.8) is 0 Å². The van der Waals surface area contributed by atoms with Crippen LogP contribution in [0.15, 0.2) is 22.8 Å². The molecule has 1 unspecified atom stereocenters. The van der Waals surface area contributed by atoms with Gasteiger partial charge in [0.05, 0.1) is 18.8 Å². The first-order valence-electron chi connectivity index (χ1n) is 6.87. The lowest BCUT2D eigenvalue weighted by atomic mass is 10.0. The summed E-state index contributed by atoms with van der Waals surface area (Å²) in [4.78, 5) is 11.9. The van der Waals surface area contributed by atoms with Crippen LogP contribution in [-0.4, -0.2) is 31.7 Å². The summed E-state index contributed by atoms with van der Waals surface area (Å²) in [5.74, 6) is 1.39. The molecule has 0 aromatic carbocycles. The lowest BCUT2D eigenvalue weighted by Gasteiger charge is -2.24. The fourth-order valence-corrected chi connectivity index (χ4v) is 2.13. The second-order valence-corrected chi connectivity index (χ2v) is 4.98. The fraction of sp³-hybridized carbons (Fsp3) is 0.643. The maximum absolute atomic E-state index is 11.9. The van der Waals surface area contributed by atoms with Crippen LogP contribution in [0.2, 0.25) is 0 Å². The monoisotopic (exact) mass is 266 g/mol. The summed E-state index contributed by atoms with van der Waals surface area (Å²) < 4.78 is 10.5. The minimum Gasteiger partial charge on any atom is -0.467 e. The number of amides is 1. The predicted octanol–water partition coefficient (Wildman–Crippen LogP) is 1.30. The molecule has 2 heterocycles. The standard InChI is InChI=1S/C14H22N2O3/c1-11(15-9-12-4-7-18-8-5-12)14(17)16-10-13-3-2-6-19-13/h2-3,6,11-12,15H,4-5,7-10H2,1H3,(H,16,17). The normalized spacial score (nSPS) is 18.2. The summed E-state index contributed by atoms with van der Waals surface area (Å²) in [5.41, 5.74) is 0. The van der Waals surface area contributed by atoms with Crippen molar-refractivity contribution in [1.29, 1.82) is 0 Å². The van der Waals surface area contributed by atoms with Crippen LogP contribution in [0, 0.1) is 5.92 Å². The first-order chi connectivity index (χ1) is 9.25. The number of nitrogens with one attached hydrogen (secondary N) is 2. The highest BCUT2D eigenvalue weighted by atomic mass is 16.5. The van der Waals surface area contributed by atoms with E-state index in [4.69, 9.17) is 9.15 Å². The van der Waals surface area contributed by atoms with Crippen molar-refractivity contribution < 1.29 is 13.9 Å². The van der Waals surface area contributed by atoms with E-state index in [0.717, 1.165) is 38.4 Å². The molecule has 1 aromatic rings. The molecular formula is C14H22N2O3. The van der Waals surface area contributed by atoms with Gasteiger partial charge in [0.1, 0.15) is 5.76 Å². The smallest absolute Gasteiger partial charge is 0.237 e. The van der Waals surface area contributed by atoms with Gasteiger partial charge in [-0.3, -0.25) is 4.79 Å². The van der Waals surface area contributed by atoms with Crippen molar-refractivity contribution in [1.82, 2.24) is 10.6 Å². The third-order valence-electron chi connectivity index (χ3n) is 3.46. The molecule has 1 aromatic heterocycles. The Bertz CT molecular complexity index is 372. The van der Waals surface area contributed by atoms with Gasteiger partial charge in [-0.05, 0) is 44.4 Å². The summed E-state index contributed by atoms with van der Waals surface area (Å²) in [6, 6.07) is 3.48. The zero-order chi connectivity index (χ0) is 13.5. The highest BCUT2D eigenvalue weighted by Gasteiger charge is 2.17. The summed E-state index contributed by atoms with van der Waals surface area (Å²) in [6.45, 7) is 4.88. The van der Waals surface area contributed by atoms with Crippen molar-refractivity contribution in [3.8, 4) is 0 Å². The molecule has 1 aliphatic rings. The molecule has 1 amide bonds. The van der Waals surface area contributed by atoms with Gasteiger partial charge in [-0.25, -0.2) is 0 Å². The Morgan fingerprint density at radius 3 is 2.95 bits per heavy atom. The molecule has 1 atom stereocenters. The SMILES string of the molecule is CC(NCC1CCOCC1)C(=O)NCc1ccco1. The minimum atomic E-state index is -0.183. The van der Waals surface area contributed by atoms with Crippen LogP contribution < -0.4 is 10.6 Å². The maximum atomic E-state index is 11.9. The van der Waals surface area contributed by atoms with E-state index in [9.17, 15) is 4.79 Å². The summed E-state index contributed by atoms with van der Waals surface area (Å²) >= 11 is 0. The average molecular weight is 266 g/mol. The molecule has 2 N–H and O–H groups in total. The number of hydrogen-bond donors (Lipinski definition) is 2. The highest BCUT2D eigenvalue weighted by molar-refractivity contribution is 5.81. The van der Waals surface area contributed by atoms with Crippen molar-refractivity contribution in [2.24, 2.45) is 5.92 Å². The summed E-state index contributed by atoms with van der Waals surface area (Å²) in [6.07, 6.45) is 3.76. The summed E-state index contributed by atoms with van der Waals surface area (Å²) in [5, 5.41) is 6.14. The fourth-order valence-electron chi connectivity index (χ4n) is 2.13. The number of hydrogen-bond acceptors (Lipinski definition) is 4. The molecular weight excluding hydrogens is 244 g/mol. The number of furan rings is 1. The Kier molecular flexibility index (Phi) is 5.42. The third-order valence-corrected chi connectivity index (χ3v) is 3.46. The zero-order valence-electron chi connectivity index (χ0n) is 11.4. The van der Waals surface area contributed by atoms with E-state index >= 15 is 0 Å². The predicted molar refractivity (Wildman–Crippen MR) is 71.6 cm³/mol. The largest absolute Gasteiger partial charge is 0.467 e. The molecule has 1 saturated heterocycles. The van der Waals surface area contributed by atoms with Crippen LogP contribution >= 0.6 is 0 Å². The zero-order valence-corrected chi connectivity index (χ0v) is 11.4. The molecule has 19 heavy (non-hydrogen) atoms. The molecule has 0 radical (unpaired) electrons. The number of ether oxygens (including phenoxy) is 1. The van der Waals surface area contributed by atoms with E-state index in [-0.39, 0.29) is 11.9 Å². The Balaban J connectivity index is 1.64. The van der Waals surface area contributed by atoms with Crippen LogP contribution in [0.5, 0.6) is 0 Å². The molecule has 5 nitrogen and oxygen atoms in total. The van der Waals surface area contributed by atoms with Crippen LogP contribution in [0.3, 0.4) is 0 Å². The highest BCUT2D eigenvalue weighted by Crippen LogP contribution is 2.13. The minimum absolute atomic E-state index is 0.00320. The molecule has 2 rings (SSSR count). The van der Waals surface area contributed by atoms with E-state index in [2.05, 4.69) is 10.6 Å². The van der Waals surface area contributed by atoms with E-state index in [1.807, 2.05) is 19.1 Å². The van der Waals surface area contributed by atoms with Crippen LogP contribution in [0.1, 0.15) is 25.5 Å². The van der Waals surface area contributed by atoms with Crippen molar-refractivity contribution in [2.75, 3.05) is 19.8 Å². The molecule has 1 fully saturated rings. The molecule has 5 heteroatoms. The van der Waals surface area contributed by atoms with Gasteiger partial charge in [0, 0.05) is 13.2 Å². The molecule has 0 bridgehead atoms. The van der Waals surface area contributed by atoms with Gasteiger partial charge in [0.25, 0.3) is 0 Å². The van der Waals surface area contributed by atoms with E-state index in [0.29, 0.717) is 12.5 Å². The van der Waals surface area contributed by atoms with Gasteiger partial charge >= 0.3 is 0 Å². The number of carbonyl (C=O) groups excluding carboxylic acids is 1.